The molecule has 4 aromatic rings. The normalized spacial score (nSPS) is 17.5. The second-order valence-corrected chi connectivity index (χ2v) is 13.3. The molecule has 11 nitrogen and oxygen atoms in total. The highest BCUT2D eigenvalue weighted by atomic mass is 35.5. The Balaban J connectivity index is 1.20. The zero-order valence-corrected chi connectivity index (χ0v) is 30.0. The second-order valence-electron chi connectivity index (χ2n) is 12.6. The number of amides is 2. The summed E-state index contributed by atoms with van der Waals surface area (Å²) in [7, 11) is 3.16. The minimum absolute atomic E-state index is 0.0635. The Morgan fingerprint density at radius 2 is 1.52 bits per heavy atom. The summed E-state index contributed by atoms with van der Waals surface area (Å²) in [5.41, 5.74) is 5.47. The van der Waals surface area contributed by atoms with E-state index in [0.29, 0.717) is 75.8 Å². The maximum absolute atomic E-state index is 11.8. The average Bonchev–Trinajstić information content (AvgIpc) is 3.76. The van der Waals surface area contributed by atoms with Gasteiger partial charge in [0.2, 0.25) is 23.6 Å². The topological polar surface area (TPSA) is 131 Å². The van der Waals surface area contributed by atoms with Crippen LogP contribution in [0.4, 0.5) is 0 Å². The van der Waals surface area contributed by atoms with Gasteiger partial charge in [0.05, 0.1) is 48.0 Å². The van der Waals surface area contributed by atoms with Crippen LogP contribution in [0.25, 0.3) is 33.6 Å². The third-order valence-corrected chi connectivity index (χ3v) is 10.0. The zero-order chi connectivity index (χ0) is 35.2. The molecule has 2 aliphatic heterocycles. The SMILES string of the molecule is CCC(=O)NC1CCN(Cc2ncc(-c3cccc(-c4cccc(-c5cnc(CCC[C@@H]6CCC(=O)N6)c(OC)n5)c4Cl)c3Cl)nc2OC)C1. The first-order valence-corrected chi connectivity index (χ1v) is 17.7. The fraction of sp³-hybridized carbons (Fsp3) is 0.405. The highest BCUT2D eigenvalue weighted by Crippen LogP contribution is 2.42. The van der Waals surface area contributed by atoms with Gasteiger partial charge in [0, 0.05) is 66.8 Å². The summed E-state index contributed by atoms with van der Waals surface area (Å²) < 4.78 is 11.3. The van der Waals surface area contributed by atoms with Gasteiger partial charge < -0.3 is 20.1 Å². The molecule has 262 valence electrons. The fourth-order valence-electron chi connectivity index (χ4n) is 6.58. The quantitative estimate of drug-likeness (QED) is 0.164. The largest absolute Gasteiger partial charge is 0.480 e. The molecular weight excluding hydrogens is 677 g/mol. The number of nitrogens with zero attached hydrogens (tertiary/aromatic N) is 5. The van der Waals surface area contributed by atoms with E-state index in [2.05, 4.69) is 20.5 Å². The summed E-state index contributed by atoms with van der Waals surface area (Å²) in [6, 6.07) is 11.8. The fourth-order valence-corrected chi connectivity index (χ4v) is 7.23. The lowest BCUT2D eigenvalue weighted by Crippen LogP contribution is -2.36. The van der Waals surface area contributed by atoms with Crippen LogP contribution in [-0.2, 0) is 22.6 Å². The maximum Gasteiger partial charge on any atom is 0.237 e. The third kappa shape index (κ3) is 8.01. The van der Waals surface area contributed by atoms with Gasteiger partial charge in [-0.15, -0.1) is 0 Å². The lowest BCUT2D eigenvalue weighted by Gasteiger charge is -2.18. The van der Waals surface area contributed by atoms with Crippen molar-refractivity contribution in [1.29, 1.82) is 0 Å². The summed E-state index contributed by atoms with van der Waals surface area (Å²) in [6.07, 6.45) is 8.68. The van der Waals surface area contributed by atoms with E-state index in [1.807, 2.05) is 43.3 Å². The van der Waals surface area contributed by atoms with E-state index < -0.39 is 0 Å². The Morgan fingerprint density at radius 1 is 0.920 bits per heavy atom. The molecule has 0 saturated carbocycles. The Hall–Kier alpha value is -4.32. The van der Waals surface area contributed by atoms with Crippen molar-refractivity contribution >= 4 is 35.0 Å². The molecule has 0 aliphatic carbocycles. The molecule has 0 radical (unpaired) electrons. The lowest BCUT2D eigenvalue weighted by molar-refractivity contribution is -0.121. The Morgan fingerprint density at radius 3 is 2.10 bits per heavy atom. The molecule has 1 unspecified atom stereocenters. The van der Waals surface area contributed by atoms with Gasteiger partial charge in [-0.1, -0.05) is 66.5 Å². The summed E-state index contributed by atoms with van der Waals surface area (Å²) in [5.74, 6) is 1.05. The summed E-state index contributed by atoms with van der Waals surface area (Å²) in [5, 5.41) is 7.04. The number of carbonyl (C=O) groups excluding carboxylic acids is 2. The molecule has 6 rings (SSSR count). The van der Waals surface area contributed by atoms with Crippen molar-refractivity contribution in [1.82, 2.24) is 35.5 Å². The van der Waals surface area contributed by atoms with Crippen molar-refractivity contribution in [3.8, 4) is 45.4 Å². The monoisotopic (exact) mass is 717 g/mol. The predicted octanol–water partition coefficient (Wildman–Crippen LogP) is 6.29. The van der Waals surface area contributed by atoms with Gasteiger partial charge in [0.1, 0.15) is 11.4 Å². The standard InChI is InChI=1S/C37H41Cl2N7O4/c1-4-32(47)43-23-16-17-46(20-23)21-31-37(50-3)45-30(19-41-31)27-12-7-10-25(35(27)39)24-9-6-11-26(34(24)38)29-18-40-28(36(44-29)49-2)13-5-8-22-14-15-33(48)42-22/h6-7,9-12,18-19,22-23H,4-5,8,13-17,20-21H2,1-3H3,(H,42,48)(H,43,47)/t22-,23?/m1/s1. The van der Waals surface area contributed by atoms with E-state index in [1.165, 1.54) is 0 Å². The van der Waals surface area contributed by atoms with Crippen LogP contribution in [0.2, 0.25) is 10.0 Å². The molecule has 4 heterocycles. The van der Waals surface area contributed by atoms with E-state index in [4.69, 9.17) is 47.6 Å². The Bertz CT molecular complexity index is 1870. The molecule has 50 heavy (non-hydrogen) atoms. The first-order valence-electron chi connectivity index (χ1n) is 17.0. The van der Waals surface area contributed by atoms with Crippen LogP contribution in [0.3, 0.4) is 0 Å². The minimum atomic E-state index is 0.0635. The van der Waals surface area contributed by atoms with E-state index in [9.17, 15) is 9.59 Å². The first-order chi connectivity index (χ1) is 24.3. The number of aromatic nitrogens is 4. The molecule has 2 aromatic carbocycles. The molecule has 0 spiro atoms. The number of aryl methyl sites for hydroxylation is 1. The van der Waals surface area contributed by atoms with E-state index in [0.717, 1.165) is 55.6 Å². The summed E-state index contributed by atoms with van der Waals surface area (Å²) in [6.45, 7) is 4.01. The van der Waals surface area contributed by atoms with Crippen LogP contribution in [0.5, 0.6) is 11.8 Å². The number of hydrogen-bond acceptors (Lipinski definition) is 9. The number of rotatable bonds is 13. The molecule has 0 bridgehead atoms. The van der Waals surface area contributed by atoms with Gasteiger partial charge >= 0.3 is 0 Å². The van der Waals surface area contributed by atoms with Crippen molar-refractivity contribution in [2.75, 3.05) is 27.3 Å². The average molecular weight is 719 g/mol. The summed E-state index contributed by atoms with van der Waals surface area (Å²) in [4.78, 5) is 44.6. The molecule has 2 atom stereocenters. The number of halogens is 2. The van der Waals surface area contributed by atoms with Crippen molar-refractivity contribution in [2.24, 2.45) is 0 Å². The van der Waals surface area contributed by atoms with Crippen LogP contribution in [0.1, 0.15) is 56.8 Å². The van der Waals surface area contributed by atoms with Gasteiger partial charge in [-0.25, -0.2) is 9.97 Å². The minimum Gasteiger partial charge on any atom is -0.480 e. The second kappa shape index (κ2) is 16.1. The van der Waals surface area contributed by atoms with Crippen molar-refractivity contribution in [3.05, 3.63) is 70.2 Å². The molecule has 2 aliphatic rings. The number of carbonyl (C=O) groups is 2. The zero-order valence-electron chi connectivity index (χ0n) is 28.5. The van der Waals surface area contributed by atoms with Crippen LogP contribution in [0, 0.1) is 0 Å². The van der Waals surface area contributed by atoms with Crippen molar-refractivity contribution in [3.63, 3.8) is 0 Å². The van der Waals surface area contributed by atoms with Crippen molar-refractivity contribution in [2.45, 2.75) is 70.5 Å². The number of likely N-dealkylation sites (tertiary alicyclic amines) is 1. The maximum atomic E-state index is 11.8. The Labute approximate surface area is 302 Å². The van der Waals surface area contributed by atoms with Crippen molar-refractivity contribution < 1.29 is 19.1 Å². The number of nitrogens with one attached hydrogen (secondary N) is 2. The summed E-state index contributed by atoms with van der Waals surface area (Å²) >= 11 is 14.2. The van der Waals surface area contributed by atoms with Gasteiger partial charge in [-0.2, -0.15) is 0 Å². The molecule has 2 fully saturated rings. The molecule has 2 N–H and O–H groups in total. The first kappa shape index (κ1) is 35.5. The predicted molar refractivity (Wildman–Crippen MR) is 193 cm³/mol. The van der Waals surface area contributed by atoms with Gasteiger partial charge in [-0.3, -0.25) is 24.5 Å². The van der Waals surface area contributed by atoms with E-state index in [1.54, 1.807) is 26.6 Å². The smallest absolute Gasteiger partial charge is 0.237 e. The van der Waals surface area contributed by atoms with Gasteiger partial charge in [-0.05, 0) is 32.1 Å². The molecular formula is C37H41Cl2N7O4. The van der Waals surface area contributed by atoms with E-state index >= 15 is 0 Å². The van der Waals surface area contributed by atoms with E-state index in [-0.39, 0.29) is 23.9 Å². The number of methoxy groups -OCH3 is 2. The van der Waals surface area contributed by atoms with Gasteiger partial charge in [0.25, 0.3) is 0 Å². The van der Waals surface area contributed by atoms with Crippen LogP contribution < -0.4 is 20.1 Å². The van der Waals surface area contributed by atoms with Crippen LogP contribution in [0.15, 0.2) is 48.8 Å². The molecule has 13 heteroatoms. The highest BCUT2D eigenvalue weighted by molar-refractivity contribution is 6.39. The number of hydrogen-bond donors (Lipinski definition) is 2. The number of ether oxygens (including phenoxy) is 2. The molecule has 2 saturated heterocycles. The number of benzene rings is 2. The van der Waals surface area contributed by atoms with Crippen LogP contribution >= 0.6 is 23.2 Å². The molecule has 2 aromatic heterocycles. The Kier molecular flexibility index (Phi) is 11.5. The third-order valence-electron chi connectivity index (χ3n) is 9.23. The van der Waals surface area contributed by atoms with Gasteiger partial charge in [0.15, 0.2) is 0 Å². The highest BCUT2D eigenvalue weighted by Gasteiger charge is 2.26. The van der Waals surface area contributed by atoms with Crippen LogP contribution in [-0.4, -0.2) is 76.0 Å². The lowest BCUT2D eigenvalue weighted by atomic mass is 9.98. The molecule has 2 amide bonds.